The summed E-state index contributed by atoms with van der Waals surface area (Å²) in [5.74, 6) is 0.311. The molecular weight excluding hydrogens is 216 g/mol. The van der Waals surface area contributed by atoms with E-state index >= 15 is 0 Å². The van der Waals surface area contributed by atoms with Crippen molar-refractivity contribution in [3.8, 4) is 0 Å². The Morgan fingerprint density at radius 3 is 2.76 bits per heavy atom. The zero-order valence-electron chi connectivity index (χ0n) is 10.5. The molecule has 0 aromatic rings. The third kappa shape index (κ3) is 2.33. The molecule has 2 heterocycles. The maximum Gasteiger partial charge on any atom is 0.240 e. The lowest BCUT2D eigenvalue weighted by Crippen LogP contribution is -2.56. The molecule has 2 aliphatic heterocycles. The van der Waals surface area contributed by atoms with Gasteiger partial charge < -0.3 is 15.0 Å². The number of piperidine rings is 1. The van der Waals surface area contributed by atoms with Crippen molar-refractivity contribution >= 4 is 5.91 Å². The number of carbonyl (C=O) groups excluding carboxylic acids is 1. The predicted octanol–water partition coefficient (Wildman–Crippen LogP) is 0.907. The average molecular weight is 238 g/mol. The van der Waals surface area contributed by atoms with Gasteiger partial charge in [0.15, 0.2) is 0 Å². The Morgan fingerprint density at radius 2 is 2.12 bits per heavy atom. The van der Waals surface area contributed by atoms with E-state index in [-0.39, 0.29) is 12.1 Å². The van der Waals surface area contributed by atoms with Crippen molar-refractivity contribution in [1.29, 1.82) is 0 Å². The first-order valence-electron chi connectivity index (χ1n) is 6.94. The monoisotopic (exact) mass is 238 g/mol. The highest BCUT2D eigenvalue weighted by molar-refractivity contribution is 5.83. The molecule has 1 N–H and O–H groups in total. The van der Waals surface area contributed by atoms with E-state index in [1.807, 2.05) is 0 Å². The molecular formula is C13H22N2O2. The second-order valence-electron chi connectivity index (χ2n) is 5.60. The normalized spacial score (nSPS) is 38.8. The van der Waals surface area contributed by atoms with Gasteiger partial charge in [-0.25, -0.2) is 0 Å². The molecule has 3 fully saturated rings. The number of nitrogens with one attached hydrogen (secondary N) is 1. The van der Waals surface area contributed by atoms with Gasteiger partial charge in [0.1, 0.15) is 0 Å². The second kappa shape index (κ2) is 4.58. The van der Waals surface area contributed by atoms with Crippen LogP contribution in [0.5, 0.6) is 0 Å². The molecule has 3 unspecified atom stereocenters. The highest BCUT2D eigenvalue weighted by Gasteiger charge is 2.39. The van der Waals surface area contributed by atoms with Crippen molar-refractivity contribution in [2.45, 2.75) is 63.3 Å². The topological polar surface area (TPSA) is 41.6 Å². The summed E-state index contributed by atoms with van der Waals surface area (Å²) in [6, 6.07) is 0.997. The molecule has 3 atom stereocenters. The van der Waals surface area contributed by atoms with Crippen LogP contribution in [-0.4, -0.2) is 48.2 Å². The average Bonchev–Trinajstić information content (AvgIpc) is 3.03. The van der Waals surface area contributed by atoms with E-state index in [2.05, 4.69) is 17.1 Å². The van der Waals surface area contributed by atoms with E-state index in [0.29, 0.717) is 18.0 Å². The van der Waals surface area contributed by atoms with Gasteiger partial charge in [-0.1, -0.05) is 0 Å². The molecule has 0 radical (unpaired) electrons. The second-order valence-corrected chi connectivity index (χ2v) is 5.60. The first-order valence-corrected chi connectivity index (χ1v) is 6.94. The van der Waals surface area contributed by atoms with Gasteiger partial charge in [-0.05, 0) is 39.0 Å². The van der Waals surface area contributed by atoms with Crippen LogP contribution >= 0.6 is 0 Å². The fourth-order valence-electron chi connectivity index (χ4n) is 3.05. The fraction of sp³-hybridized carbons (Fsp3) is 0.923. The number of rotatable bonds is 3. The van der Waals surface area contributed by atoms with E-state index in [1.54, 1.807) is 0 Å². The minimum Gasteiger partial charge on any atom is -0.376 e. The Morgan fingerprint density at radius 1 is 1.29 bits per heavy atom. The Bertz CT molecular complexity index is 304. The molecule has 0 aromatic heterocycles. The van der Waals surface area contributed by atoms with E-state index in [1.165, 1.54) is 12.8 Å². The fourth-order valence-corrected chi connectivity index (χ4v) is 3.05. The maximum atomic E-state index is 12.4. The SMILES string of the molecule is CC1OCCC1N1CCCC(NC2CC2)C1=O. The number of likely N-dealkylation sites (tertiary alicyclic amines) is 1. The van der Waals surface area contributed by atoms with Crippen LogP contribution in [0.25, 0.3) is 0 Å². The first kappa shape index (κ1) is 11.5. The van der Waals surface area contributed by atoms with Crippen LogP contribution in [-0.2, 0) is 9.53 Å². The molecule has 0 aromatic carbocycles. The van der Waals surface area contributed by atoms with Gasteiger partial charge in [0.25, 0.3) is 0 Å². The van der Waals surface area contributed by atoms with Crippen LogP contribution in [0.1, 0.15) is 39.0 Å². The summed E-state index contributed by atoms with van der Waals surface area (Å²) in [4.78, 5) is 14.5. The number of nitrogens with zero attached hydrogens (tertiary/aromatic N) is 1. The van der Waals surface area contributed by atoms with Crippen molar-refractivity contribution in [2.75, 3.05) is 13.2 Å². The molecule has 0 bridgehead atoms. The van der Waals surface area contributed by atoms with E-state index in [0.717, 1.165) is 32.4 Å². The van der Waals surface area contributed by atoms with Gasteiger partial charge in [0.2, 0.25) is 5.91 Å². The Kier molecular flexibility index (Phi) is 3.09. The quantitative estimate of drug-likeness (QED) is 0.794. The molecule has 17 heavy (non-hydrogen) atoms. The van der Waals surface area contributed by atoms with Crippen LogP contribution in [0.2, 0.25) is 0 Å². The van der Waals surface area contributed by atoms with Gasteiger partial charge >= 0.3 is 0 Å². The molecule has 1 aliphatic carbocycles. The number of carbonyl (C=O) groups is 1. The summed E-state index contributed by atoms with van der Waals surface area (Å²) in [5.41, 5.74) is 0. The Labute approximate surface area is 103 Å². The molecule has 4 heteroatoms. The van der Waals surface area contributed by atoms with Crippen molar-refractivity contribution in [2.24, 2.45) is 0 Å². The van der Waals surface area contributed by atoms with Crippen molar-refractivity contribution in [1.82, 2.24) is 10.2 Å². The minimum absolute atomic E-state index is 0.0732. The van der Waals surface area contributed by atoms with Gasteiger partial charge in [-0.3, -0.25) is 4.79 Å². The van der Waals surface area contributed by atoms with Gasteiger partial charge in [-0.2, -0.15) is 0 Å². The van der Waals surface area contributed by atoms with Crippen LogP contribution in [0.3, 0.4) is 0 Å². The predicted molar refractivity (Wildman–Crippen MR) is 64.7 cm³/mol. The summed E-state index contributed by atoms with van der Waals surface area (Å²) in [5, 5.41) is 3.48. The standard InChI is InChI=1S/C13H22N2O2/c1-9-12(6-8-17-9)15-7-2-3-11(13(15)16)14-10-4-5-10/h9-12,14H,2-8H2,1H3. The molecule has 0 spiro atoms. The lowest BCUT2D eigenvalue weighted by molar-refractivity contribution is -0.139. The van der Waals surface area contributed by atoms with Crippen molar-refractivity contribution in [3.05, 3.63) is 0 Å². The number of hydrogen-bond acceptors (Lipinski definition) is 3. The zero-order valence-corrected chi connectivity index (χ0v) is 10.5. The summed E-state index contributed by atoms with van der Waals surface area (Å²) >= 11 is 0. The molecule has 3 rings (SSSR count). The maximum absolute atomic E-state index is 12.4. The third-order valence-corrected chi connectivity index (χ3v) is 4.22. The summed E-state index contributed by atoms with van der Waals surface area (Å²) in [7, 11) is 0. The molecule has 1 saturated carbocycles. The Hall–Kier alpha value is -0.610. The van der Waals surface area contributed by atoms with Crippen molar-refractivity contribution in [3.63, 3.8) is 0 Å². The highest BCUT2D eigenvalue weighted by Crippen LogP contribution is 2.26. The summed E-state index contributed by atoms with van der Waals surface area (Å²) in [6.45, 7) is 3.80. The van der Waals surface area contributed by atoms with Gasteiger partial charge in [0.05, 0.1) is 18.2 Å². The van der Waals surface area contributed by atoms with Crippen LogP contribution in [0, 0.1) is 0 Å². The smallest absolute Gasteiger partial charge is 0.240 e. The minimum atomic E-state index is 0.0732. The molecule has 3 aliphatic rings. The largest absolute Gasteiger partial charge is 0.376 e. The third-order valence-electron chi connectivity index (χ3n) is 4.22. The summed E-state index contributed by atoms with van der Waals surface area (Å²) < 4.78 is 5.58. The number of amides is 1. The van der Waals surface area contributed by atoms with E-state index in [4.69, 9.17) is 4.74 Å². The highest BCUT2D eigenvalue weighted by atomic mass is 16.5. The van der Waals surface area contributed by atoms with Gasteiger partial charge in [0, 0.05) is 19.2 Å². The first-order chi connectivity index (χ1) is 8.25. The van der Waals surface area contributed by atoms with E-state index in [9.17, 15) is 4.79 Å². The molecule has 96 valence electrons. The molecule has 1 amide bonds. The van der Waals surface area contributed by atoms with Crippen LogP contribution in [0.4, 0.5) is 0 Å². The lowest BCUT2D eigenvalue weighted by atomic mass is 10.00. The number of hydrogen-bond donors (Lipinski definition) is 1. The van der Waals surface area contributed by atoms with Crippen LogP contribution in [0.15, 0.2) is 0 Å². The summed E-state index contributed by atoms with van der Waals surface area (Å²) in [6.07, 6.45) is 5.83. The Balaban J connectivity index is 1.65. The molecule has 2 saturated heterocycles. The van der Waals surface area contributed by atoms with Crippen molar-refractivity contribution < 1.29 is 9.53 Å². The van der Waals surface area contributed by atoms with Crippen LogP contribution < -0.4 is 5.32 Å². The number of ether oxygens (including phenoxy) is 1. The zero-order chi connectivity index (χ0) is 11.8. The van der Waals surface area contributed by atoms with Gasteiger partial charge in [-0.15, -0.1) is 0 Å². The van der Waals surface area contributed by atoms with E-state index < -0.39 is 0 Å². The molecule has 4 nitrogen and oxygen atoms in total. The lowest BCUT2D eigenvalue weighted by Gasteiger charge is -2.38.